The highest BCUT2D eigenvalue weighted by atomic mass is 19.1. The number of carbonyl (C=O) groups is 2. The lowest BCUT2D eigenvalue weighted by Crippen LogP contribution is -2.48. The lowest BCUT2D eigenvalue weighted by atomic mass is 9.71. The first-order valence-electron chi connectivity index (χ1n) is 13.1. The van der Waals surface area contributed by atoms with Gasteiger partial charge in [-0.1, -0.05) is 33.3 Å². The molecule has 37 heavy (non-hydrogen) atoms. The summed E-state index contributed by atoms with van der Waals surface area (Å²) in [6.45, 7) is 12.4. The zero-order valence-electron chi connectivity index (χ0n) is 22.5. The average Bonchev–Trinajstić information content (AvgIpc) is 3.27. The molecule has 0 bridgehead atoms. The number of ketones is 1. The number of aromatic nitrogens is 1. The van der Waals surface area contributed by atoms with Crippen molar-refractivity contribution in [3.63, 3.8) is 0 Å². The molecule has 2 aliphatic heterocycles. The van der Waals surface area contributed by atoms with Gasteiger partial charge in [0.25, 0.3) is 0 Å². The normalized spacial score (nSPS) is 35.9. The van der Waals surface area contributed by atoms with Gasteiger partial charge in [-0.15, -0.1) is 6.58 Å². The second-order valence-corrected chi connectivity index (χ2v) is 11.4. The van der Waals surface area contributed by atoms with E-state index in [4.69, 9.17) is 9.15 Å². The molecule has 0 saturated carbocycles. The quantitative estimate of drug-likeness (QED) is 0.404. The molecule has 206 valence electrons. The van der Waals surface area contributed by atoms with E-state index in [2.05, 4.69) is 16.9 Å². The molecule has 0 spiro atoms. The Kier molecular flexibility index (Phi) is 9.14. The first kappa shape index (κ1) is 29.2. The second-order valence-electron chi connectivity index (χ2n) is 11.4. The summed E-state index contributed by atoms with van der Waals surface area (Å²) >= 11 is 0. The molecule has 2 fully saturated rings. The van der Waals surface area contributed by atoms with Gasteiger partial charge in [0.2, 0.25) is 5.91 Å². The van der Waals surface area contributed by atoms with E-state index < -0.39 is 53.3 Å². The minimum Gasteiger partial charge on any atom is -0.449 e. The maximum atomic E-state index is 15.4. The fourth-order valence-electron chi connectivity index (χ4n) is 5.20. The Labute approximate surface area is 218 Å². The van der Waals surface area contributed by atoms with E-state index in [0.717, 1.165) is 6.42 Å². The van der Waals surface area contributed by atoms with Crippen molar-refractivity contribution >= 4 is 17.8 Å². The molecule has 7 atom stereocenters. The van der Waals surface area contributed by atoms with E-state index in [0.29, 0.717) is 24.4 Å². The van der Waals surface area contributed by atoms with Crippen LogP contribution in [0.15, 0.2) is 29.2 Å². The molecule has 2 unspecified atom stereocenters. The third-order valence-electron chi connectivity index (χ3n) is 8.01. The van der Waals surface area contributed by atoms with Gasteiger partial charge < -0.3 is 24.7 Å². The van der Waals surface area contributed by atoms with Crippen LogP contribution in [-0.2, 0) is 14.3 Å². The van der Waals surface area contributed by atoms with E-state index in [-0.39, 0.29) is 30.6 Å². The number of hydrogen-bond acceptors (Lipinski definition) is 7. The zero-order valence-corrected chi connectivity index (χ0v) is 22.5. The standard InChI is InChI=1S/C28H41FN2O6/c1-7-9-19-25(34)16(2)10-8-11-28(6)23(37-28)13-21(20(29)12-18-15-36-17(3)30-18)31-24(33)14-22(32)27(4,5)26(19)35/h7,12,15-16,19,21-23,25,32,34H,1,8-11,13-14H2,2-6H3,(H,31,33)/t16-,19+,21-,22-,23?,25+,28?/m0/s1. The average molecular weight is 521 g/mol. The highest BCUT2D eigenvalue weighted by Gasteiger charge is 2.53. The van der Waals surface area contributed by atoms with Gasteiger partial charge in [0.15, 0.2) is 5.89 Å². The summed E-state index contributed by atoms with van der Waals surface area (Å²) in [5.41, 5.74) is -1.49. The first-order chi connectivity index (χ1) is 17.3. The van der Waals surface area contributed by atoms with Crippen LogP contribution in [0.4, 0.5) is 4.39 Å². The molecule has 1 amide bonds. The van der Waals surface area contributed by atoms with Crippen LogP contribution in [0.2, 0.25) is 0 Å². The number of fused-ring (bicyclic) bond motifs is 1. The topological polar surface area (TPSA) is 125 Å². The molecule has 0 aliphatic carbocycles. The van der Waals surface area contributed by atoms with Crippen LogP contribution in [0.25, 0.3) is 6.08 Å². The maximum Gasteiger partial charge on any atom is 0.223 e. The molecule has 2 aliphatic rings. The van der Waals surface area contributed by atoms with Gasteiger partial charge in [-0.05, 0) is 32.1 Å². The van der Waals surface area contributed by atoms with Crippen molar-refractivity contribution in [1.82, 2.24) is 10.3 Å². The highest BCUT2D eigenvalue weighted by Crippen LogP contribution is 2.44. The van der Waals surface area contributed by atoms with Crippen LogP contribution in [0.5, 0.6) is 0 Å². The lowest BCUT2D eigenvalue weighted by molar-refractivity contribution is -0.144. The number of halogens is 1. The Balaban J connectivity index is 1.88. The Morgan fingerprint density at radius 1 is 1.32 bits per heavy atom. The third kappa shape index (κ3) is 6.94. The Hall–Kier alpha value is -2.36. The first-order valence-corrected chi connectivity index (χ1v) is 13.1. The molecule has 1 aromatic heterocycles. The predicted molar refractivity (Wildman–Crippen MR) is 137 cm³/mol. The predicted octanol–water partition coefficient (Wildman–Crippen LogP) is 4.05. The Morgan fingerprint density at radius 3 is 2.65 bits per heavy atom. The van der Waals surface area contributed by atoms with Crippen molar-refractivity contribution in [3.8, 4) is 0 Å². The number of rotatable bonds is 4. The number of amides is 1. The number of carbonyl (C=O) groups excluding carboxylic acids is 2. The van der Waals surface area contributed by atoms with E-state index in [1.54, 1.807) is 26.8 Å². The van der Waals surface area contributed by atoms with Crippen molar-refractivity contribution < 1.29 is 33.3 Å². The smallest absolute Gasteiger partial charge is 0.223 e. The molecule has 2 saturated heterocycles. The van der Waals surface area contributed by atoms with Crippen LogP contribution < -0.4 is 5.32 Å². The SMILES string of the molecule is C=CC[C@H]1C(=O)C(C)(C)[C@@H](O)CC(=O)N[C@H](C(F)=Cc2coc(C)n2)CC2OC2(C)CCC[C@H](C)[C@H]1O. The number of epoxide rings is 1. The molecule has 3 rings (SSSR count). The van der Waals surface area contributed by atoms with Gasteiger partial charge >= 0.3 is 0 Å². The van der Waals surface area contributed by atoms with Crippen molar-refractivity contribution in [2.75, 3.05) is 0 Å². The second kappa shape index (κ2) is 11.6. The van der Waals surface area contributed by atoms with Gasteiger partial charge in [-0.2, -0.15) is 0 Å². The Bertz CT molecular complexity index is 1020. The molecule has 0 aromatic carbocycles. The number of ether oxygens (including phenoxy) is 1. The molecule has 8 nitrogen and oxygen atoms in total. The maximum absolute atomic E-state index is 15.4. The minimum atomic E-state index is -1.34. The summed E-state index contributed by atoms with van der Waals surface area (Å²) in [6.07, 6.45) is 3.82. The molecule has 1 aromatic rings. The minimum absolute atomic E-state index is 0.169. The summed E-state index contributed by atoms with van der Waals surface area (Å²) < 4.78 is 26.4. The summed E-state index contributed by atoms with van der Waals surface area (Å²) in [4.78, 5) is 30.6. The monoisotopic (exact) mass is 520 g/mol. The van der Waals surface area contributed by atoms with E-state index in [9.17, 15) is 19.8 Å². The van der Waals surface area contributed by atoms with Gasteiger partial charge in [-0.3, -0.25) is 9.59 Å². The zero-order chi connectivity index (χ0) is 27.5. The molecular weight excluding hydrogens is 479 g/mol. The van der Waals surface area contributed by atoms with Gasteiger partial charge in [0.05, 0.1) is 41.8 Å². The van der Waals surface area contributed by atoms with E-state index in [1.165, 1.54) is 12.3 Å². The number of aliphatic hydroxyl groups excluding tert-OH is 2. The Morgan fingerprint density at radius 2 is 2.03 bits per heavy atom. The number of aliphatic hydroxyl groups is 2. The highest BCUT2D eigenvalue weighted by molar-refractivity contribution is 5.88. The molecule has 3 N–H and O–H groups in total. The van der Waals surface area contributed by atoms with Crippen molar-refractivity contribution in [2.45, 2.75) is 103 Å². The van der Waals surface area contributed by atoms with Crippen LogP contribution in [-0.4, -0.2) is 56.8 Å². The van der Waals surface area contributed by atoms with Gasteiger partial charge in [0, 0.05) is 25.3 Å². The van der Waals surface area contributed by atoms with Crippen LogP contribution in [0.1, 0.15) is 77.8 Å². The van der Waals surface area contributed by atoms with Crippen LogP contribution in [0, 0.1) is 24.2 Å². The number of nitrogens with one attached hydrogen (secondary N) is 1. The number of Topliss-reactive ketones (excluding diaryl/α,β-unsaturated/α-hetero) is 1. The largest absolute Gasteiger partial charge is 0.449 e. The van der Waals surface area contributed by atoms with Gasteiger partial charge in [0.1, 0.15) is 23.6 Å². The fourth-order valence-corrected chi connectivity index (χ4v) is 5.20. The summed E-state index contributed by atoms with van der Waals surface area (Å²) in [5.74, 6) is -2.07. The molecule has 0 radical (unpaired) electrons. The third-order valence-corrected chi connectivity index (χ3v) is 8.01. The van der Waals surface area contributed by atoms with Crippen molar-refractivity contribution in [3.05, 3.63) is 36.3 Å². The molecular formula is C28H41FN2O6. The van der Waals surface area contributed by atoms with Gasteiger partial charge in [-0.25, -0.2) is 9.37 Å². The summed E-state index contributed by atoms with van der Waals surface area (Å²) in [7, 11) is 0. The van der Waals surface area contributed by atoms with E-state index >= 15 is 4.39 Å². The summed E-state index contributed by atoms with van der Waals surface area (Å²) in [6, 6.07) is -0.996. The number of aryl methyl sites for hydroxylation is 1. The van der Waals surface area contributed by atoms with Crippen molar-refractivity contribution in [1.29, 1.82) is 0 Å². The van der Waals surface area contributed by atoms with Crippen LogP contribution in [0.3, 0.4) is 0 Å². The fraction of sp³-hybridized carbons (Fsp3) is 0.679. The molecule has 9 heteroatoms. The lowest BCUT2D eigenvalue weighted by Gasteiger charge is -2.35. The van der Waals surface area contributed by atoms with E-state index in [1.807, 2.05) is 13.8 Å². The van der Waals surface area contributed by atoms with Crippen LogP contribution >= 0.6 is 0 Å². The number of allylic oxidation sites excluding steroid dienone is 1. The molecule has 3 heterocycles. The number of oxazole rings is 1. The van der Waals surface area contributed by atoms with Crippen molar-refractivity contribution in [2.24, 2.45) is 17.3 Å². The summed E-state index contributed by atoms with van der Waals surface area (Å²) in [5, 5.41) is 24.7. The number of nitrogens with zero attached hydrogens (tertiary/aromatic N) is 1. The number of hydrogen-bond donors (Lipinski definition) is 3.